The van der Waals surface area contributed by atoms with Crippen LogP contribution in [0.1, 0.15) is 159 Å². The van der Waals surface area contributed by atoms with Gasteiger partial charge in [-0.1, -0.05) is 127 Å². The fraction of sp³-hybridized carbons (Fsp3) is 0.818. The number of ether oxygens (including phenoxy) is 1. The zero-order chi connectivity index (χ0) is 24.7. The molecule has 0 saturated carbocycles. The van der Waals surface area contributed by atoms with Crippen molar-refractivity contribution < 1.29 is 4.74 Å². The van der Waals surface area contributed by atoms with Crippen LogP contribution < -0.4 is 0 Å². The van der Waals surface area contributed by atoms with E-state index in [0.717, 1.165) is 11.9 Å². The first-order chi connectivity index (χ1) is 17.4. The highest BCUT2D eigenvalue weighted by Crippen LogP contribution is 2.25. The molecule has 0 radical (unpaired) electrons. The summed E-state index contributed by atoms with van der Waals surface area (Å²) in [5.41, 5.74) is 1.57. The van der Waals surface area contributed by atoms with Crippen LogP contribution in [0.3, 0.4) is 0 Å². The average Bonchev–Trinajstić information content (AvgIpc) is 2.90. The highest BCUT2D eigenvalue weighted by Gasteiger charge is 2.18. The molecule has 2 atom stereocenters. The molecule has 0 aliphatic carbocycles. The van der Waals surface area contributed by atoms with Crippen molar-refractivity contribution in [3.63, 3.8) is 0 Å². The highest BCUT2D eigenvalue weighted by atomic mass is 32.2. The molecule has 0 amide bonds. The number of benzene rings is 1. The molecule has 1 fully saturated rings. The Hall–Kier alpha value is -0.470. The summed E-state index contributed by atoms with van der Waals surface area (Å²) in [5, 5.41) is 0.763. The predicted molar refractivity (Wildman–Crippen MR) is 160 cm³/mol. The van der Waals surface area contributed by atoms with Gasteiger partial charge >= 0.3 is 0 Å². The van der Waals surface area contributed by atoms with Crippen LogP contribution in [0.5, 0.6) is 0 Å². The molecule has 1 aromatic carbocycles. The van der Waals surface area contributed by atoms with Gasteiger partial charge in [-0.2, -0.15) is 0 Å². The number of hydrogen-bond donors (Lipinski definition) is 0. The molecule has 1 nitrogen and oxygen atoms in total. The van der Waals surface area contributed by atoms with Gasteiger partial charge in [0.1, 0.15) is 11.0 Å². The summed E-state index contributed by atoms with van der Waals surface area (Å²) in [4.78, 5) is 0. The maximum Gasteiger partial charge on any atom is 0.140 e. The molecule has 1 aliphatic heterocycles. The lowest BCUT2D eigenvalue weighted by molar-refractivity contribution is 0.00977. The van der Waals surface area contributed by atoms with E-state index in [0.29, 0.717) is 6.10 Å². The van der Waals surface area contributed by atoms with Crippen molar-refractivity contribution in [1.82, 2.24) is 0 Å². The Bertz CT molecular complexity index is 553. The van der Waals surface area contributed by atoms with Crippen LogP contribution >= 0.6 is 0 Å². The molecule has 1 aromatic rings. The normalized spacial score (nSPS) is 17.0. The van der Waals surface area contributed by atoms with Crippen molar-refractivity contribution in [2.45, 2.75) is 160 Å². The van der Waals surface area contributed by atoms with Gasteiger partial charge < -0.3 is 4.74 Å². The van der Waals surface area contributed by atoms with E-state index in [2.05, 4.69) is 37.3 Å². The Labute approximate surface area is 224 Å². The Kier molecular flexibility index (Phi) is 20.0. The highest BCUT2D eigenvalue weighted by molar-refractivity contribution is 7.78. The van der Waals surface area contributed by atoms with Crippen molar-refractivity contribution in [3.05, 3.63) is 35.9 Å². The molecule has 0 spiro atoms. The quantitative estimate of drug-likeness (QED) is 0.0819. The second kappa shape index (κ2) is 22.7. The van der Waals surface area contributed by atoms with Crippen LogP contribution in [-0.4, -0.2) is 18.5 Å². The van der Waals surface area contributed by atoms with Crippen molar-refractivity contribution in [3.8, 4) is 0 Å². The van der Waals surface area contributed by atoms with Gasteiger partial charge in [-0.15, -0.1) is 0 Å². The Morgan fingerprint density at radius 2 is 1.31 bits per heavy atom. The summed E-state index contributed by atoms with van der Waals surface area (Å²) in [7, 11) is 0. The maximum absolute atomic E-state index is 5.84. The summed E-state index contributed by atoms with van der Waals surface area (Å²) in [6.07, 6.45) is 31.6. The van der Waals surface area contributed by atoms with E-state index in [1.54, 1.807) is 17.3 Å². The number of hydrogen-bond acceptors (Lipinski definition) is 1. The SMILES string of the molecule is CCCCCCC([SH+]CCCCCCCCCCCCCCCC1CCCCO1)c1ccccc1. The van der Waals surface area contributed by atoms with Gasteiger partial charge in [-0.25, -0.2) is 0 Å². The average molecular weight is 504 g/mol. The minimum absolute atomic E-state index is 0.592. The molecular formula is C33H59OS+. The molecule has 2 unspecified atom stereocenters. The Morgan fingerprint density at radius 3 is 1.91 bits per heavy atom. The lowest BCUT2D eigenvalue weighted by Crippen LogP contribution is -2.18. The van der Waals surface area contributed by atoms with Crippen LogP contribution in [0.15, 0.2) is 30.3 Å². The van der Waals surface area contributed by atoms with E-state index in [1.165, 1.54) is 147 Å². The third-order valence-electron chi connectivity index (χ3n) is 7.82. The molecular weight excluding hydrogens is 444 g/mol. The number of unbranched alkanes of at least 4 members (excludes halogenated alkanes) is 15. The second-order valence-corrected chi connectivity index (χ2v) is 12.5. The van der Waals surface area contributed by atoms with E-state index in [4.69, 9.17) is 4.74 Å². The van der Waals surface area contributed by atoms with Crippen LogP contribution in [0.25, 0.3) is 0 Å². The van der Waals surface area contributed by atoms with Gasteiger partial charge in [-0.3, -0.25) is 0 Å². The molecule has 0 aromatic heterocycles. The first-order valence-electron chi connectivity index (χ1n) is 15.7. The molecule has 2 heteroatoms. The molecule has 35 heavy (non-hydrogen) atoms. The maximum atomic E-state index is 5.84. The molecule has 1 heterocycles. The fourth-order valence-corrected chi connectivity index (χ4v) is 6.98. The third-order valence-corrected chi connectivity index (χ3v) is 9.39. The van der Waals surface area contributed by atoms with E-state index >= 15 is 0 Å². The summed E-state index contributed by atoms with van der Waals surface area (Å²) in [6.45, 7) is 3.32. The second-order valence-electron chi connectivity index (χ2n) is 11.1. The molecule has 2 rings (SSSR count). The largest absolute Gasteiger partial charge is 0.378 e. The van der Waals surface area contributed by atoms with Crippen LogP contribution in [-0.2, 0) is 16.5 Å². The monoisotopic (exact) mass is 503 g/mol. The summed E-state index contributed by atoms with van der Waals surface area (Å²) >= 11 is 1.67. The van der Waals surface area contributed by atoms with Crippen LogP contribution in [0, 0.1) is 0 Å². The van der Waals surface area contributed by atoms with Crippen molar-refractivity contribution >= 4 is 11.8 Å². The Morgan fingerprint density at radius 1 is 0.714 bits per heavy atom. The summed E-state index contributed by atoms with van der Waals surface area (Å²) in [6, 6.07) is 11.3. The molecule has 1 aliphatic rings. The van der Waals surface area contributed by atoms with Crippen LogP contribution in [0.4, 0.5) is 0 Å². The van der Waals surface area contributed by atoms with Gasteiger partial charge in [-0.05, 0) is 63.1 Å². The van der Waals surface area contributed by atoms with E-state index < -0.39 is 0 Å². The predicted octanol–water partition coefficient (Wildman–Crippen LogP) is 10.5. The van der Waals surface area contributed by atoms with Gasteiger partial charge in [0.2, 0.25) is 0 Å². The van der Waals surface area contributed by atoms with Crippen LogP contribution in [0.2, 0.25) is 0 Å². The first kappa shape index (κ1) is 30.8. The van der Waals surface area contributed by atoms with E-state index in [-0.39, 0.29) is 0 Å². The Balaban J connectivity index is 1.34. The van der Waals surface area contributed by atoms with Gasteiger partial charge in [0, 0.05) is 12.2 Å². The van der Waals surface area contributed by atoms with Crippen molar-refractivity contribution in [1.29, 1.82) is 0 Å². The summed E-state index contributed by atoms with van der Waals surface area (Å²) < 4.78 is 5.84. The molecule has 0 bridgehead atoms. The fourth-order valence-electron chi connectivity index (χ4n) is 5.51. The minimum Gasteiger partial charge on any atom is -0.378 e. The smallest absolute Gasteiger partial charge is 0.140 e. The van der Waals surface area contributed by atoms with Crippen molar-refractivity contribution in [2.24, 2.45) is 0 Å². The standard InChI is InChI=1S/C33H58OS/c1-2-3-4-20-28-33(31-24-17-16-18-25-31)35-30-23-15-13-11-9-7-5-6-8-10-12-14-19-26-32-27-21-22-29-34-32/h16-18,24-25,32-33H,2-15,19-23,26-30H2,1H3/p+1. The molecule has 0 N–H and O–H groups in total. The van der Waals surface area contributed by atoms with Gasteiger partial charge in [0.05, 0.1) is 6.10 Å². The van der Waals surface area contributed by atoms with E-state index in [1.807, 2.05) is 0 Å². The molecule has 202 valence electrons. The number of rotatable bonds is 23. The zero-order valence-corrected chi connectivity index (χ0v) is 24.3. The minimum atomic E-state index is 0.592. The number of thiol groups is 1. The molecule has 1 saturated heterocycles. The summed E-state index contributed by atoms with van der Waals surface area (Å²) in [5.74, 6) is 1.39. The lowest BCUT2D eigenvalue weighted by atomic mass is 10.0. The van der Waals surface area contributed by atoms with E-state index in [9.17, 15) is 0 Å². The van der Waals surface area contributed by atoms with Crippen molar-refractivity contribution in [2.75, 3.05) is 12.4 Å². The third kappa shape index (κ3) is 16.8. The van der Waals surface area contributed by atoms with Gasteiger partial charge in [0.15, 0.2) is 0 Å². The first-order valence-corrected chi connectivity index (χ1v) is 16.9. The van der Waals surface area contributed by atoms with Gasteiger partial charge in [0.25, 0.3) is 0 Å². The topological polar surface area (TPSA) is 9.23 Å². The zero-order valence-electron chi connectivity index (χ0n) is 23.4. The lowest BCUT2D eigenvalue weighted by Gasteiger charge is -2.22.